The molecule has 0 spiro atoms. The molecule has 0 fully saturated rings. The summed E-state index contributed by atoms with van der Waals surface area (Å²) in [7, 11) is -4.62. The molecule has 2 heterocycles. The van der Waals surface area contributed by atoms with Gasteiger partial charge in [0.2, 0.25) is 0 Å². The van der Waals surface area contributed by atoms with E-state index in [4.69, 9.17) is 0 Å². The number of nitrogens with zero attached hydrogens (tertiary/aromatic N) is 2. The minimum Gasteiger partial charge on any atom is -0.396 e. The van der Waals surface area contributed by atoms with Gasteiger partial charge in [-0.2, -0.15) is 26.3 Å². The van der Waals surface area contributed by atoms with Crippen LogP contribution in [0, 0.1) is 11.7 Å². The van der Waals surface area contributed by atoms with Gasteiger partial charge in [-0.1, -0.05) is 12.1 Å². The van der Waals surface area contributed by atoms with E-state index in [1.165, 1.54) is 12.5 Å². The van der Waals surface area contributed by atoms with Crippen molar-refractivity contribution in [1.29, 1.82) is 0 Å². The summed E-state index contributed by atoms with van der Waals surface area (Å²) in [5, 5.41) is 19.6. The molecule has 2 atom stereocenters. The number of carbonyl (C=O) groups is 1. The van der Waals surface area contributed by atoms with Gasteiger partial charge in [-0.05, 0) is 61.1 Å². The number of Topliss-reactive ketones (excluding diaryl/α,β-unsaturated/α-hetero) is 1. The molecule has 16 heteroatoms. The predicted molar refractivity (Wildman–Crippen MR) is 138 cm³/mol. The van der Waals surface area contributed by atoms with E-state index in [0.29, 0.717) is 17.8 Å². The fourth-order valence-corrected chi connectivity index (χ4v) is 6.87. The maximum Gasteiger partial charge on any atom is 0.430 e. The molecule has 0 saturated heterocycles. The molecule has 1 aliphatic heterocycles. The Kier molecular flexibility index (Phi) is 8.96. The third kappa shape index (κ3) is 6.40. The molecule has 3 aromatic rings. The van der Waals surface area contributed by atoms with Crippen LogP contribution in [0.3, 0.4) is 0 Å². The van der Waals surface area contributed by atoms with Crippen molar-refractivity contribution in [2.24, 2.45) is 5.92 Å². The molecule has 234 valence electrons. The van der Waals surface area contributed by atoms with Crippen molar-refractivity contribution >= 4 is 21.5 Å². The molecule has 0 saturated carbocycles. The number of H-pyrrole nitrogens is 1. The standard InChI is InChI=1S/C27H26F7N3O5S/c28-19-3-6-23(7-4-19)43(41,42)37-21(12-22(39)10-16(14-38)9-20-13-35-15-36-20)5-1-17-11-18(2-8-24(17)37)25(40,26(29,30)31)27(32,33)34/h2-4,6-8,11,13,15-16,21,38,40H,1,5,9-10,12,14H2,(H,35,36)/t16-,21-/m0/s1. The molecule has 2 aromatic carbocycles. The highest BCUT2D eigenvalue weighted by molar-refractivity contribution is 7.92. The van der Waals surface area contributed by atoms with Crippen LogP contribution in [0.1, 0.15) is 36.1 Å². The van der Waals surface area contributed by atoms with Crippen molar-refractivity contribution in [2.75, 3.05) is 10.9 Å². The van der Waals surface area contributed by atoms with E-state index in [1.807, 2.05) is 0 Å². The minimum absolute atomic E-state index is 0.160. The summed E-state index contributed by atoms with van der Waals surface area (Å²) < 4.78 is 123. The Morgan fingerprint density at radius 1 is 1.07 bits per heavy atom. The molecule has 0 unspecified atom stereocenters. The van der Waals surface area contributed by atoms with Crippen LogP contribution >= 0.6 is 0 Å². The number of aryl methyl sites for hydroxylation is 1. The lowest BCUT2D eigenvalue weighted by molar-refractivity contribution is -0.376. The molecular formula is C27H26F7N3O5S. The van der Waals surface area contributed by atoms with Gasteiger partial charge in [0.25, 0.3) is 15.6 Å². The van der Waals surface area contributed by atoms with Gasteiger partial charge >= 0.3 is 12.4 Å². The smallest absolute Gasteiger partial charge is 0.396 e. The number of sulfonamides is 1. The number of aliphatic hydroxyl groups excluding tert-OH is 1. The number of ketones is 1. The van der Waals surface area contributed by atoms with Crippen molar-refractivity contribution in [3.8, 4) is 0 Å². The fourth-order valence-electron chi connectivity index (χ4n) is 5.16. The van der Waals surface area contributed by atoms with Gasteiger partial charge in [0, 0.05) is 36.9 Å². The average Bonchev–Trinajstić information content (AvgIpc) is 3.43. The molecule has 1 aromatic heterocycles. The van der Waals surface area contributed by atoms with E-state index in [9.17, 15) is 54.2 Å². The molecule has 3 N–H and O–H groups in total. The molecule has 43 heavy (non-hydrogen) atoms. The topological polar surface area (TPSA) is 124 Å². The van der Waals surface area contributed by atoms with E-state index in [-0.39, 0.29) is 43.5 Å². The quantitative estimate of drug-likeness (QED) is 0.280. The summed E-state index contributed by atoms with van der Waals surface area (Å²) in [4.78, 5) is 19.4. The van der Waals surface area contributed by atoms with E-state index in [0.717, 1.165) is 34.6 Å². The van der Waals surface area contributed by atoms with Crippen LogP contribution in [0.25, 0.3) is 0 Å². The van der Waals surface area contributed by atoms with Crippen molar-refractivity contribution in [1.82, 2.24) is 9.97 Å². The number of anilines is 1. The number of alkyl halides is 6. The van der Waals surface area contributed by atoms with Crippen molar-refractivity contribution < 1.29 is 54.2 Å². The van der Waals surface area contributed by atoms with Crippen LogP contribution in [-0.4, -0.2) is 59.4 Å². The monoisotopic (exact) mass is 637 g/mol. The van der Waals surface area contributed by atoms with E-state index < -0.39 is 68.4 Å². The Morgan fingerprint density at radius 3 is 2.28 bits per heavy atom. The summed E-state index contributed by atoms with van der Waals surface area (Å²) in [5.41, 5.74) is -6.67. The van der Waals surface area contributed by atoms with E-state index in [2.05, 4.69) is 9.97 Å². The number of nitrogens with one attached hydrogen (secondary N) is 1. The van der Waals surface area contributed by atoms with E-state index >= 15 is 0 Å². The number of aromatic nitrogens is 2. The van der Waals surface area contributed by atoms with Gasteiger partial charge in [0.1, 0.15) is 11.6 Å². The third-order valence-corrected chi connectivity index (χ3v) is 9.19. The second-order valence-electron chi connectivity index (χ2n) is 10.3. The predicted octanol–water partition coefficient (Wildman–Crippen LogP) is 4.57. The number of rotatable bonds is 10. The zero-order valence-corrected chi connectivity index (χ0v) is 23.0. The van der Waals surface area contributed by atoms with Crippen LogP contribution in [-0.2, 0) is 33.3 Å². The number of halogens is 7. The normalized spacial score (nSPS) is 17.0. The van der Waals surface area contributed by atoms with Gasteiger partial charge in [-0.25, -0.2) is 17.8 Å². The molecule has 8 nitrogen and oxygen atoms in total. The highest BCUT2D eigenvalue weighted by Crippen LogP contribution is 2.51. The van der Waals surface area contributed by atoms with Gasteiger partial charge in [-0.3, -0.25) is 9.10 Å². The first-order valence-corrected chi connectivity index (χ1v) is 14.3. The maximum atomic E-state index is 13.8. The van der Waals surface area contributed by atoms with Crippen LogP contribution < -0.4 is 4.31 Å². The average molecular weight is 638 g/mol. The lowest BCUT2D eigenvalue weighted by Crippen LogP contribution is -2.54. The number of hydrogen-bond donors (Lipinski definition) is 3. The maximum absolute atomic E-state index is 13.8. The summed E-state index contributed by atoms with van der Waals surface area (Å²) >= 11 is 0. The second-order valence-corrected chi connectivity index (χ2v) is 12.1. The zero-order chi connectivity index (χ0) is 31.8. The lowest BCUT2D eigenvalue weighted by atomic mass is 9.86. The summed E-state index contributed by atoms with van der Waals surface area (Å²) in [6.07, 6.45) is -10.1. The number of aromatic amines is 1. The van der Waals surface area contributed by atoms with Crippen molar-refractivity contribution in [2.45, 2.75) is 61.0 Å². The van der Waals surface area contributed by atoms with Crippen LogP contribution in [0.15, 0.2) is 59.9 Å². The Labute approximate surface area is 241 Å². The number of fused-ring (bicyclic) bond motifs is 1. The van der Waals surface area contributed by atoms with Crippen LogP contribution in [0.2, 0.25) is 0 Å². The summed E-state index contributed by atoms with van der Waals surface area (Å²) in [6, 6.07) is 3.98. The summed E-state index contributed by atoms with van der Waals surface area (Å²) in [6.45, 7) is -0.375. The van der Waals surface area contributed by atoms with Gasteiger partial charge < -0.3 is 15.2 Å². The molecule has 4 rings (SSSR count). The Morgan fingerprint density at radius 2 is 1.72 bits per heavy atom. The van der Waals surface area contributed by atoms with Crippen molar-refractivity contribution in [3.05, 3.63) is 77.6 Å². The van der Waals surface area contributed by atoms with Crippen LogP contribution in [0.4, 0.5) is 36.4 Å². The van der Waals surface area contributed by atoms with Crippen LogP contribution in [0.5, 0.6) is 0 Å². The number of carbonyl (C=O) groups excluding carboxylic acids is 1. The number of imidazole rings is 1. The molecule has 1 aliphatic rings. The molecule has 0 amide bonds. The molecular weight excluding hydrogens is 611 g/mol. The van der Waals surface area contributed by atoms with Gasteiger partial charge in [0.15, 0.2) is 0 Å². The minimum atomic E-state index is -6.15. The Bertz CT molecular complexity index is 1530. The third-order valence-electron chi connectivity index (χ3n) is 7.31. The number of aliphatic hydroxyl groups is 2. The summed E-state index contributed by atoms with van der Waals surface area (Å²) in [5.74, 6) is -1.76. The first-order chi connectivity index (χ1) is 20.0. The fraction of sp³-hybridized carbons (Fsp3) is 0.407. The van der Waals surface area contributed by atoms with Gasteiger partial charge in [0.05, 0.1) is 23.0 Å². The zero-order valence-electron chi connectivity index (χ0n) is 22.2. The second kappa shape index (κ2) is 11.9. The number of benzene rings is 2. The molecule has 0 bridgehead atoms. The van der Waals surface area contributed by atoms with E-state index in [1.54, 1.807) is 0 Å². The largest absolute Gasteiger partial charge is 0.430 e. The number of hydrogen-bond acceptors (Lipinski definition) is 6. The first kappa shape index (κ1) is 32.4. The highest BCUT2D eigenvalue weighted by atomic mass is 32.2. The lowest BCUT2D eigenvalue weighted by Gasteiger charge is -2.39. The van der Waals surface area contributed by atoms with Crippen molar-refractivity contribution in [3.63, 3.8) is 0 Å². The molecule has 0 aliphatic carbocycles. The van der Waals surface area contributed by atoms with Gasteiger partial charge in [-0.15, -0.1) is 0 Å². The first-order valence-electron chi connectivity index (χ1n) is 12.9. The highest BCUT2D eigenvalue weighted by Gasteiger charge is 2.71. The SMILES string of the molecule is O=C(C[C@@H](CO)Cc1cnc[nH]1)C[C@@H]1CCc2cc(C(O)(C(F)(F)F)C(F)(F)F)ccc2N1S(=O)(=O)c1ccc(F)cc1. The molecule has 0 radical (unpaired) electrons. The Balaban J connectivity index is 1.73. The Hall–Kier alpha value is -3.50.